The van der Waals surface area contributed by atoms with Crippen molar-refractivity contribution < 1.29 is 13.2 Å². The number of benzene rings is 4. The summed E-state index contributed by atoms with van der Waals surface area (Å²) < 4.78 is 30.2. The number of carbonyl (C=O) groups excluding carboxylic acids is 1. The van der Waals surface area contributed by atoms with Gasteiger partial charge in [-0.3, -0.25) is 9.69 Å². The molecule has 0 aromatic heterocycles. The first-order chi connectivity index (χ1) is 21.8. The van der Waals surface area contributed by atoms with Crippen LogP contribution < -0.4 is 10.0 Å². The van der Waals surface area contributed by atoms with Crippen molar-refractivity contribution in [1.82, 2.24) is 14.9 Å². The van der Waals surface area contributed by atoms with Crippen molar-refractivity contribution >= 4 is 26.7 Å². The van der Waals surface area contributed by atoms with Crippen molar-refractivity contribution in [2.45, 2.75) is 74.3 Å². The van der Waals surface area contributed by atoms with E-state index in [1.54, 1.807) is 19.1 Å². The molecule has 1 saturated carbocycles. The van der Waals surface area contributed by atoms with Crippen molar-refractivity contribution in [2.24, 2.45) is 5.92 Å². The largest absolute Gasteiger partial charge is 0.356 e. The molecule has 1 saturated heterocycles. The summed E-state index contributed by atoms with van der Waals surface area (Å²) in [5.74, 6) is 0.408. The molecule has 2 aliphatic rings. The first-order valence-corrected chi connectivity index (χ1v) is 17.9. The summed E-state index contributed by atoms with van der Waals surface area (Å²) in [7, 11) is -3.92. The second-order valence-electron chi connectivity index (χ2n) is 13.2. The first kappa shape index (κ1) is 31.5. The molecule has 0 bridgehead atoms. The van der Waals surface area contributed by atoms with E-state index in [0.29, 0.717) is 12.5 Å². The van der Waals surface area contributed by atoms with Gasteiger partial charge in [-0.25, -0.2) is 13.1 Å². The molecule has 7 heteroatoms. The lowest BCUT2D eigenvalue weighted by Gasteiger charge is -2.47. The molecule has 4 aromatic carbocycles. The Morgan fingerprint density at radius 2 is 1.47 bits per heavy atom. The van der Waals surface area contributed by atoms with E-state index < -0.39 is 15.6 Å². The highest BCUT2D eigenvalue weighted by atomic mass is 32.2. The smallest absolute Gasteiger partial charge is 0.241 e. The molecule has 1 atom stereocenters. The maximum atomic E-state index is 13.7. The number of nitrogens with zero attached hydrogens (tertiary/aromatic N) is 1. The number of sulfonamides is 1. The number of carbonyl (C=O) groups is 1. The van der Waals surface area contributed by atoms with Gasteiger partial charge in [0.25, 0.3) is 0 Å². The summed E-state index contributed by atoms with van der Waals surface area (Å²) in [4.78, 5) is 16.3. The van der Waals surface area contributed by atoms with Crippen LogP contribution in [0.2, 0.25) is 0 Å². The van der Waals surface area contributed by atoms with E-state index in [4.69, 9.17) is 0 Å². The zero-order chi connectivity index (χ0) is 31.3. The average Bonchev–Trinajstić information content (AvgIpc) is 3.61. The van der Waals surface area contributed by atoms with Crippen molar-refractivity contribution in [3.63, 3.8) is 0 Å². The van der Waals surface area contributed by atoms with Gasteiger partial charge in [-0.15, -0.1) is 0 Å². The van der Waals surface area contributed by atoms with Gasteiger partial charge in [0.2, 0.25) is 15.9 Å². The third-order valence-electron chi connectivity index (χ3n) is 10.1. The third-order valence-corrected chi connectivity index (χ3v) is 11.7. The quantitative estimate of drug-likeness (QED) is 0.187. The standard InChI is InChI=1S/C38H45N3O3S/c1-37(33-14-4-2-5-15-33,40-45(43,44)35-19-18-31-12-8-9-13-32(31)28-35)29-36(42)39-25-22-30-20-23-38(24-21-30,41-26-10-11-27-41)34-16-6-3-7-17-34/h2-9,12-19,28,30,40H,10-11,20-27,29H2,1H3,(H,39,42). The minimum atomic E-state index is -3.92. The Kier molecular flexibility index (Phi) is 9.41. The fourth-order valence-corrected chi connectivity index (χ4v) is 9.05. The van der Waals surface area contributed by atoms with Gasteiger partial charge in [-0.1, -0.05) is 91.0 Å². The number of nitrogens with one attached hydrogen (secondary N) is 2. The fraction of sp³-hybridized carbons (Fsp3) is 0.395. The summed E-state index contributed by atoms with van der Waals surface area (Å²) in [6.45, 7) is 4.75. The van der Waals surface area contributed by atoms with Gasteiger partial charge in [0, 0.05) is 18.5 Å². The second kappa shape index (κ2) is 13.5. The Balaban J connectivity index is 1.09. The normalized spacial score (nSPS) is 22.2. The van der Waals surface area contributed by atoms with E-state index in [1.165, 1.54) is 31.5 Å². The molecule has 1 heterocycles. The summed E-state index contributed by atoms with van der Waals surface area (Å²) in [6, 6.07) is 33.2. The molecule has 6 nitrogen and oxygen atoms in total. The Hall–Kier alpha value is -3.52. The van der Waals surface area contributed by atoms with Crippen LogP contribution in [0.4, 0.5) is 0 Å². The molecule has 2 N–H and O–H groups in total. The predicted octanol–water partition coefficient (Wildman–Crippen LogP) is 7.11. The predicted molar refractivity (Wildman–Crippen MR) is 181 cm³/mol. The molecule has 2 fully saturated rings. The van der Waals surface area contributed by atoms with Gasteiger partial charge in [0.1, 0.15) is 0 Å². The van der Waals surface area contributed by atoms with E-state index in [1.807, 2.05) is 60.7 Å². The van der Waals surface area contributed by atoms with Crippen LogP contribution in [0.25, 0.3) is 10.8 Å². The van der Waals surface area contributed by atoms with E-state index >= 15 is 0 Å². The molecular weight excluding hydrogens is 579 g/mol. The molecule has 1 unspecified atom stereocenters. The van der Waals surface area contributed by atoms with Gasteiger partial charge in [-0.2, -0.15) is 0 Å². The number of hydrogen-bond acceptors (Lipinski definition) is 4. The molecule has 0 spiro atoms. The molecule has 4 aromatic rings. The van der Waals surface area contributed by atoms with Gasteiger partial charge in [0.05, 0.1) is 10.4 Å². The van der Waals surface area contributed by atoms with Crippen LogP contribution in [-0.4, -0.2) is 38.9 Å². The zero-order valence-electron chi connectivity index (χ0n) is 26.3. The minimum absolute atomic E-state index is 0.000565. The second-order valence-corrected chi connectivity index (χ2v) is 14.8. The SMILES string of the molecule is CC(CC(=O)NCCC1CCC(c2ccccc2)(N2CCCC2)CC1)(NS(=O)(=O)c1ccc2ccccc2c1)c1ccccc1. The first-order valence-electron chi connectivity index (χ1n) is 16.4. The molecule has 45 heavy (non-hydrogen) atoms. The van der Waals surface area contributed by atoms with Gasteiger partial charge in [-0.05, 0) is 105 Å². The number of likely N-dealkylation sites (tertiary alicyclic amines) is 1. The van der Waals surface area contributed by atoms with Crippen molar-refractivity contribution in [3.8, 4) is 0 Å². The van der Waals surface area contributed by atoms with Crippen molar-refractivity contribution in [2.75, 3.05) is 19.6 Å². The lowest BCUT2D eigenvalue weighted by atomic mass is 9.71. The lowest BCUT2D eigenvalue weighted by Crippen LogP contribution is -2.47. The summed E-state index contributed by atoms with van der Waals surface area (Å²) >= 11 is 0. The van der Waals surface area contributed by atoms with Crippen LogP contribution in [0.5, 0.6) is 0 Å². The topological polar surface area (TPSA) is 78.5 Å². The molecule has 1 aliphatic carbocycles. The summed E-state index contributed by atoms with van der Waals surface area (Å²) in [6.07, 6.45) is 8.09. The Morgan fingerprint density at radius 1 is 0.844 bits per heavy atom. The Morgan fingerprint density at radius 3 is 2.16 bits per heavy atom. The highest BCUT2D eigenvalue weighted by Crippen LogP contribution is 2.46. The highest BCUT2D eigenvalue weighted by Gasteiger charge is 2.42. The van der Waals surface area contributed by atoms with Crippen LogP contribution in [0.15, 0.2) is 108 Å². The Bertz CT molecular complexity index is 1700. The highest BCUT2D eigenvalue weighted by molar-refractivity contribution is 7.89. The number of fused-ring (bicyclic) bond motifs is 1. The van der Waals surface area contributed by atoms with Gasteiger partial charge in [0.15, 0.2) is 0 Å². The number of hydrogen-bond donors (Lipinski definition) is 2. The zero-order valence-corrected chi connectivity index (χ0v) is 27.1. The number of rotatable bonds is 11. The van der Waals surface area contributed by atoms with Crippen molar-refractivity contribution in [1.29, 1.82) is 0 Å². The molecule has 236 valence electrons. The van der Waals surface area contributed by atoms with E-state index in [-0.39, 0.29) is 22.8 Å². The fourth-order valence-electron chi connectivity index (χ4n) is 7.62. The molecule has 6 rings (SSSR count). The van der Waals surface area contributed by atoms with E-state index in [9.17, 15) is 13.2 Å². The molecular formula is C38H45N3O3S. The maximum Gasteiger partial charge on any atom is 0.241 e. The van der Waals surface area contributed by atoms with Crippen LogP contribution in [0, 0.1) is 5.92 Å². The van der Waals surface area contributed by atoms with Crippen LogP contribution in [0.3, 0.4) is 0 Å². The van der Waals surface area contributed by atoms with Crippen molar-refractivity contribution in [3.05, 3.63) is 114 Å². The number of amides is 1. The van der Waals surface area contributed by atoms with E-state index in [2.05, 4.69) is 45.3 Å². The lowest BCUT2D eigenvalue weighted by molar-refractivity contribution is -0.122. The van der Waals surface area contributed by atoms with Crippen LogP contribution in [-0.2, 0) is 25.9 Å². The minimum Gasteiger partial charge on any atom is -0.356 e. The van der Waals surface area contributed by atoms with Gasteiger partial charge < -0.3 is 5.32 Å². The maximum absolute atomic E-state index is 13.7. The monoisotopic (exact) mass is 623 g/mol. The van der Waals surface area contributed by atoms with Crippen LogP contribution in [0.1, 0.15) is 69.4 Å². The van der Waals surface area contributed by atoms with Gasteiger partial charge >= 0.3 is 0 Å². The van der Waals surface area contributed by atoms with Crippen LogP contribution >= 0.6 is 0 Å². The van der Waals surface area contributed by atoms with E-state index in [0.717, 1.165) is 48.4 Å². The average molecular weight is 624 g/mol. The Labute approximate surface area is 268 Å². The third kappa shape index (κ3) is 7.01. The summed E-state index contributed by atoms with van der Waals surface area (Å²) in [5, 5.41) is 4.95. The summed E-state index contributed by atoms with van der Waals surface area (Å²) in [5.41, 5.74) is 1.21. The molecule has 1 aliphatic heterocycles. The molecule has 0 radical (unpaired) electrons. The molecule has 1 amide bonds.